The van der Waals surface area contributed by atoms with Gasteiger partial charge in [-0.05, 0) is 25.0 Å². The fraction of sp³-hybridized carbons (Fsp3) is 0.385. The van der Waals surface area contributed by atoms with Crippen LogP contribution in [0, 0.1) is 6.92 Å². The van der Waals surface area contributed by atoms with Gasteiger partial charge >= 0.3 is 5.97 Å². The quantitative estimate of drug-likeness (QED) is 0.784. The number of nitrogens with zero attached hydrogens (tertiary/aromatic N) is 2. The van der Waals surface area contributed by atoms with Crippen molar-refractivity contribution in [2.24, 2.45) is 0 Å². The van der Waals surface area contributed by atoms with Gasteiger partial charge in [0.25, 0.3) is 0 Å². The fourth-order valence-electron chi connectivity index (χ4n) is 2.06. The molecule has 2 aromatic rings. The van der Waals surface area contributed by atoms with Gasteiger partial charge in [-0.1, -0.05) is 25.4 Å². The third kappa shape index (κ3) is 1.97. The summed E-state index contributed by atoms with van der Waals surface area (Å²) in [7, 11) is 1.35. The lowest BCUT2D eigenvalue weighted by Gasteiger charge is -2.07. The molecule has 0 amide bonds. The van der Waals surface area contributed by atoms with Crippen LogP contribution in [0.1, 0.15) is 41.8 Å². The van der Waals surface area contributed by atoms with Gasteiger partial charge < -0.3 is 4.74 Å². The van der Waals surface area contributed by atoms with E-state index in [4.69, 9.17) is 16.3 Å². The molecule has 0 saturated carbocycles. The highest BCUT2D eigenvalue weighted by Crippen LogP contribution is 2.26. The largest absolute Gasteiger partial charge is 0.464 e. The summed E-state index contributed by atoms with van der Waals surface area (Å²) in [6, 6.07) is 3.42. The van der Waals surface area contributed by atoms with Crippen LogP contribution < -0.4 is 0 Å². The molecule has 2 rings (SSSR count). The Morgan fingerprint density at radius 2 is 2.11 bits per heavy atom. The first-order valence-electron chi connectivity index (χ1n) is 5.72. The number of rotatable bonds is 2. The highest BCUT2D eigenvalue weighted by Gasteiger charge is 2.18. The molecule has 0 aromatic carbocycles. The second-order valence-electron chi connectivity index (χ2n) is 4.47. The topological polar surface area (TPSA) is 43.6 Å². The molecule has 0 spiro atoms. The zero-order valence-corrected chi connectivity index (χ0v) is 11.6. The smallest absolute Gasteiger partial charge is 0.355 e. The summed E-state index contributed by atoms with van der Waals surface area (Å²) < 4.78 is 6.56. The Balaban J connectivity index is 2.84. The van der Waals surface area contributed by atoms with Gasteiger partial charge in [-0.25, -0.2) is 9.78 Å². The van der Waals surface area contributed by atoms with E-state index in [0.29, 0.717) is 10.7 Å². The van der Waals surface area contributed by atoms with E-state index in [1.54, 1.807) is 10.5 Å². The zero-order chi connectivity index (χ0) is 13.4. The van der Waals surface area contributed by atoms with E-state index in [2.05, 4.69) is 18.8 Å². The molecule has 2 heterocycles. The second kappa shape index (κ2) is 4.61. The molecule has 2 aromatic heterocycles. The van der Waals surface area contributed by atoms with Crippen molar-refractivity contribution in [1.29, 1.82) is 0 Å². The summed E-state index contributed by atoms with van der Waals surface area (Å²) >= 11 is 6.06. The molecular formula is C13H15ClN2O2. The Hall–Kier alpha value is -1.55. The maximum Gasteiger partial charge on any atom is 0.355 e. The number of aryl methyl sites for hydroxylation is 1. The second-order valence-corrected chi connectivity index (χ2v) is 4.91. The summed E-state index contributed by atoms with van der Waals surface area (Å²) in [6.07, 6.45) is 0. The van der Waals surface area contributed by atoms with E-state index >= 15 is 0 Å². The van der Waals surface area contributed by atoms with Gasteiger partial charge in [-0.2, -0.15) is 0 Å². The minimum atomic E-state index is -0.418. The first kappa shape index (κ1) is 12.9. The van der Waals surface area contributed by atoms with E-state index in [9.17, 15) is 4.79 Å². The van der Waals surface area contributed by atoms with Gasteiger partial charge in [0, 0.05) is 5.02 Å². The van der Waals surface area contributed by atoms with Crippen LogP contribution in [0.25, 0.3) is 5.52 Å². The lowest BCUT2D eigenvalue weighted by Crippen LogP contribution is -2.09. The van der Waals surface area contributed by atoms with E-state index in [1.807, 2.05) is 13.0 Å². The van der Waals surface area contributed by atoms with Crippen molar-refractivity contribution in [3.63, 3.8) is 0 Å². The normalized spacial score (nSPS) is 11.2. The third-order valence-electron chi connectivity index (χ3n) is 2.84. The summed E-state index contributed by atoms with van der Waals surface area (Å²) in [6.45, 7) is 5.97. The molecule has 0 atom stereocenters. The Morgan fingerprint density at radius 1 is 1.44 bits per heavy atom. The molecule has 4 nitrogen and oxygen atoms in total. The first-order chi connectivity index (χ1) is 8.45. The summed E-state index contributed by atoms with van der Waals surface area (Å²) in [5.41, 5.74) is 2.19. The fourth-order valence-corrected chi connectivity index (χ4v) is 2.27. The average Bonchev–Trinajstić information content (AvgIpc) is 2.64. The van der Waals surface area contributed by atoms with Crippen LogP contribution >= 0.6 is 11.6 Å². The van der Waals surface area contributed by atoms with E-state index < -0.39 is 5.97 Å². The highest BCUT2D eigenvalue weighted by atomic mass is 35.5. The molecule has 0 aliphatic carbocycles. The third-order valence-corrected chi connectivity index (χ3v) is 3.06. The van der Waals surface area contributed by atoms with E-state index in [-0.39, 0.29) is 5.92 Å². The van der Waals surface area contributed by atoms with Gasteiger partial charge in [0.1, 0.15) is 11.5 Å². The SMILES string of the molecule is COC(=O)c1cc(Cl)cc2c(C(C)C)nc(C)n12. The van der Waals surface area contributed by atoms with Crippen LogP contribution in [0.2, 0.25) is 5.02 Å². The van der Waals surface area contributed by atoms with Crippen molar-refractivity contribution in [3.05, 3.63) is 34.4 Å². The summed E-state index contributed by atoms with van der Waals surface area (Å²) in [5, 5.41) is 0.504. The number of methoxy groups -OCH3 is 1. The van der Waals surface area contributed by atoms with E-state index in [1.165, 1.54) is 7.11 Å². The van der Waals surface area contributed by atoms with Crippen LogP contribution in [-0.2, 0) is 4.74 Å². The van der Waals surface area contributed by atoms with E-state index in [0.717, 1.165) is 17.0 Å². The van der Waals surface area contributed by atoms with Gasteiger partial charge in [-0.15, -0.1) is 0 Å². The Morgan fingerprint density at radius 3 is 2.67 bits per heavy atom. The summed E-state index contributed by atoms with van der Waals surface area (Å²) in [5.74, 6) is 0.599. The molecule has 0 aliphatic rings. The van der Waals surface area contributed by atoms with Crippen molar-refractivity contribution in [2.45, 2.75) is 26.7 Å². The molecule has 0 aliphatic heterocycles. The van der Waals surface area contributed by atoms with Crippen molar-refractivity contribution >= 4 is 23.1 Å². The minimum absolute atomic E-state index is 0.262. The number of pyridine rings is 1. The molecule has 0 fully saturated rings. The number of hydrogen-bond acceptors (Lipinski definition) is 3. The molecule has 0 bridgehead atoms. The van der Waals surface area contributed by atoms with Crippen LogP contribution in [0.4, 0.5) is 0 Å². The van der Waals surface area contributed by atoms with Gasteiger partial charge in [-0.3, -0.25) is 4.40 Å². The molecule has 0 radical (unpaired) electrons. The average molecular weight is 267 g/mol. The molecular weight excluding hydrogens is 252 g/mol. The Labute approximate surface area is 111 Å². The number of esters is 1. The molecule has 96 valence electrons. The predicted octanol–water partition coefficient (Wildman–Crippen LogP) is 3.21. The standard InChI is InChI=1S/C13H15ClN2O2/c1-7(2)12-10-5-9(14)6-11(13(17)18-4)16(10)8(3)15-12/h5-7H,1-4H3. The van der Waals surface area contributed by atoms with Crippen LogP contribution in [0.5, 0.6) is 0 Å². The number of carbonyl (C=O) groups is 1. The van der Waals surface area contributed by atoms with Gasteiger partial charge in [0.2, 0.25) is 0 Å². The number of aromatic nitrogens is 2. The Bertz CT molecular complexity index is 617. The number of fused-ring (bicyclic) bond motifs is 1. The maximum absolute atomic E-state index is 11.8. The molecule has 0 saturated heterocycles. The predicted molar refractivity (Wildman–Crippen MR) is 70.4 cm³/mol. The molecule has 5 heteroatoms. The molecule has 0 unspecified atom stereocenters. The molecule has 0 N–H and O–H groups in total. The monoisotopic (exact) mass is 266 g/mol. The Kier molecular flexibility index (Phi) is 3.30. The molecule has 18 heavy (non-hydrogen) atoms. The number of halogens is 1. The number of carbonyl (C=O) groups excluding carboxylic acids is 1. The first-order valence-corrected chi connectivity index (χ1v) is 6.10. The van der Waals surface area contributed by atoms with Crippen LogP contribution in [0.15, 0.2) is 12.1 Å². The minimum Gasteiger partial charge on any atom is -0.464 e. The van der Waals surface area contributed by atoms with Crippen molar-refractivity contribution < 1.29 is 9.53 Å². The summed E-state index contributed by atoms with van der Waals surface area (Å²) in [4.78, 5) is 16.3. The zero-order valence-electron chi connectivity index (χ0n) is 10.8. The van der Waals surface area contributed by atoms with Gasteiger partial charge in [0.05, 0.1) is 18.3 Å². The van der Waals surface area contributed by atoms with Crippen molar-refractivity contribution in [1.82, 2.24) is 9.38 Å². The lowest BCUT2D eigenvalue weighted by atomic mass is 10.1. The number of hydrogen-bond donors (Lipinski definition) is 0. The van der Waals surface area contributed by atoms with Crippen molar-refractivity contribution in [3.8, 4) is 0 Å². The maximum atomic E-state index is 11.8. The highest BCUT2D eigenvalue weighted by molar-refractivity contribution is 6.31. The number of imidazole rings is 1. The number of ether oxygens (including phenoxy) is 1. The van der Waals surface area contributed by atoms with Crippen LogP contribution in [0.3, 0.4) is 0 Å². The lowest BCUT2D eigenvalue weighted by molar-refractivity contribution is 0.0592. The van der Waals surface area contributed by atoms with Crippen molar-refractivity contribution in [2.75, 3.05) is 7.11 Å². The van der Waals surface area contributed by atoms with Crippen LogP contribution in [-0.4, -0.2) is 22.5 Å². The van der Waals surface area contributed by atoms with Gasteiger partial charge in [0.15, 0.2) is 0 Å².